The number of amides is 1. The zero-order valence-corrected chi connectivity index (χ0v) is 14.7. The van der Waals surface area contributed by atoms with Crippen molar-refractivity contribution in [3.63, 3.8) is 0 Å². The first kappa shape index (κ1) is 17.9. The van der Waals surface area contributed by atoms with E-state index in [9.17, 15) is 9.18 Å². The van der Waals surface area contributed by atoms with E-state index in [1.54, 1.807) is 50.5 Å². The van der Waals surface area contributed by atoms with Gasteiger partial charge in [0.2, 0.25) is 0 Å². The number of anilines is 1. The number of hydrogen-bond acceptors (Lipinski definition) is 2. The smallest absolute Gasteiger partial charge is 0.253 e. The van der Waals surface area contributed by atoms with Gasteiger partial charge in [0.05, 0.1) is 6.04 Å². The van der Waals surface area contributed by atoms with Crippen molar-refractivity contribution >= 4 is 28.9 Å². The van der Waals surface area contributed by atoms with E-state index in [1.807, 2.05) is 6.92 Å². The van der Waals surface area contributed by atoms with E-state index in [0.29, 0.717) is 10.7 Å². The number of hydrogen-bond donors (Lipinski definition) is 2. The topological polar surface area (TPSA) is 44.4 Å². The van der Waals surface area contributed by atoms with Gasteiger partial charge in [0.1, 0.15) is 5.82 Å². The van der Waals surface area contributed by atoms with E-state index >= 15 is 0 Å². The first-order valence-electron chi connectivity index (χ1n) is 7.51. The highest BCUT2D eigenvalue weighted by Crippen LogP contribution is 2.14. The van der Waals surface area contributed by atoms with Gasteiger partial charge in [-0.05, 0) is 61.1 Å². The van der Waals surface area contributed by atoms with E-state index in [1.165, 1.54) is 17.0 Å². The molecule has 0 fully saturated rings. The molecule has 0 saturated carbocycles. The van der Waals surface area contributed by atoms with E-state index in [-0.39, 0.29) is 17.8 Å². The highest BCUT2D eigenvalue weighted by Gasteiger charge is 2.09. The van der Waals surface area contributed by atoms with Gasteiger partial charge in [-0.2, -0.15) is 0 Å². The van der Waals surface area contributed by atoms with E-state index in [0.717, 1.165) is 11.3 Å². The Kier molecular flexibility index (Phi) is 5.87. The fraction of sp³-hybridized carbons (Fsp3) is 0.222. The molecule has 0 aliphatic heterocycles. The Morgan fingerprint density at radius 2 is 1.67 bits per heavy atom. The molecule has 0 aliphatic rings. The molecule has 0 bridgehead atoms. The monoisotopic (exact) mass is 345 g/mol. The van der Waals surface area contributed by atoms with Crippen LogP contribution in [0.2, 0.25) is 0 Å². The van der Waals surface area contributed by atoms with Crippen LogP contribution in [-0.4, -0.2) is 30.0 Å². The van der Waals surface area contributed by atoms with Crippen molar-refractivity contribution in [3.8, 4) is 0 Å². The van der Waals surface area contributed by atoms with Gasteiger partial charge in [-0.15, -0.1) is 0 Å². The summed E-state index contributed by atoms with van der Waals surface area (Å²) in [5.74, 6) is -0.314. The number of nitrogens with zero attached hydrogens (tertiary/aromatic N) is 1. The minimum Gasteiger partial charge on any atom is -0.356 e. The fourth-order valence-corrected chi connectivity index (χ4v) is 2.45. The summed E-state index contributed by atoms with van der Waals surface area (Å²) in [7, 11) is 3.43. The highest BCUT2D eigenvalue weighted by atomic mass is 32.1. The largest absolute Gasteiger partial charge is 0.356 e. The molecule has 126 valence electrons. The summed E-state index contributed by atoms with van der Waals surface area (Å²) in [5, 5.41) is 6.67. The number of benzene rings is 2. The van der Waals surface area contributed by atoms with Crippen LogP contribution in [0.4, 0.5) is 10.1 Å². The number of nitrogens with one attached hydrogen (secondary N) is 2. The number of carbonyl (C=O) groups is 1. The van der Waals surface area contributed by atoms with Crippen molar-refractivity contribution in [1.29, 1.82) is 0 Å². The van der Waals surface area contributed by atoms with Gasteiger partial charge in [-0.3, -0.25) is 4.79 Å². The molecule has 24 heavy (non-hydrogen) atoms. The lowest BCUT2D eigenvalue weighted by Crippen LogP contribution is -2.30. The number of halogens is 1. The predicted molar refractivity (Wildman–Crippen MR) is 98.6 cm³/mol. The summed E-state index contributed by atoms with van der Waals surface area (Å²) in [6, 6.07) is 13.3. The van der Waals surface area contributed by atoms with Crippen LogP contribution in [0.3, 0.4) is 0 Å². The summed E-state index contributed by atoms with van der Waals surface area (Å²) < 4.78 is 13.0. The Labute approximate surface area is 146 Å². The fourth-order valence-electron chi connectivity index (χ4n) is 2.15. The third kappa shape index (κ3) is 4.76. The third-order valence-electron chi connectivity index (χ3n) is 3.51. The zero-order chi connectivity index (χ0) is 17.7. The van der Waals surface area contributed by atoms with E-state index < -0.39 is 0 Å². The van der Waals surface area contributed by atoms with Crippen molar-refractivity contribution < 1.29 is 9.18 Å². The molecule has 0 radical (unpaired) electrons. The maximum Gasteiger partial charge on any atom is 0.253 e. The Hall–Kier alpha value is -2.47. The van der Waals surface area contributed by atoms with Crippen molar-refractivity contribution in [2.75, 3.05) is 19.4 Å². The van der Waals surface area contributed by atoms with E-state index in [4.69, 9.17) is 12.2 Å². The second kappa shape index (κ2) is 7.88. The molecule has 2 aromatic carbocycles. The van der Waals surface area contributed by atoms with Crippen molar-refractivity contribution in [3.05, 3.63) is 65.5 Å². The Bertz CT molecular complexity index is 714. The van der Waals surface area contributed by atoms with Gasteiger partial charge < -0.3 is 15.5 Å². The molecular formula is C18H20FN3OS. The summed E-state index contributed by atoms with van der Waals surface area (Å²) >= 11 is 5.29. The summed E-state index contributed by atoms with van der Waals surface area (Å²) in [4.78, 5) is 13.4. The maximum absolute atomic E-state index is 13.0. The molecule has 4 nitrogen and oxygen atoms in total. The van der Waals surface area contributed by atoms with Crippen molar-refractivity contribution in [1.82, 2.24) is 10.2 Å². The number of carbonyl (C=O) groups excluding carboxylic acids is 1. The standard InChI is InChI=1S/C18H20FN3OS/c1-12(13-4-8-15(19)9-5-13)20-18(24)21-16-10-6-14(7-11-16)17(23)22(2)3/h4-12H,1-3H3,(H2,20,21,24)/t12-/m1/s1. The first-order chi connectivity index (χ1) is 11.4. The average molecular weight is 345 g/mol. The van der Waals surface area contributed by atoms with Crippen LogP contribution in [0.25, 0.3) is 0 Å². The van der Waals surface area contributed by atoms with Crippen molar-refractivity contribution in [2.24, 2.45) is 0 Å². The Morgan fingerprint density at radius 1 is 1.08 bits per heavy atom. The maximum atomic E-state index is 13.0. The zero-order valence-electron chi connectivity index (χ0n) is 13.8. The predicted octanol–water partition coefficient (Wildman–Crippen LogP) is 3.58. The molecule has 1 amide bonds. The van der Waals surface area contributed by atoms with Crippen LogP contribution >= 0.6 is 12.2 Å². The van der Waals surface area contributed by atoms with Gasteiger partial charge in [0.15, 0.2) is 5.11 Å². The van der Waals surface area contributed by atoms with Crippen LogP contribution < -0.4 is 10.6 Å². The van der Waals surface area contributed by atoms with Crippen LogP contribution in [0.15, 0.2) is 48.5 Å². The van der Waals surface area contributed by atoms with Gasteiger partial charge in [0, 0.05) is 25.3 Å². The molecule has 0 spiro atoms. The minimum absolute atomic E-state index is 0.0489. The molecule has 6 heteroatoms. The van der Waals surface area contributed by atoms with E-state index in [2.05, 4.69) is 10.6 Å². The Balaban J connectivity index is 1.94. The lowest BCUT2D eigenvalue weighted by atomic mass is 10.1. The third-order valence-corrected chi connectivity index (χ3v) is 3.73. The highest BCUT2D eigenvalue weighted by molar-refractivity contribution is 7.80. The minimum atomic E-state index is -0.265. The quantitative estimate of drug-likeness (QED) is 0.832. The van der Waals surface area contributed by atoms with Crippen LogP contribution in [0.5, 0.6) is 0 Å². The first-order valence-corrected chi connectivity index (χ1v) is 7.92. The molecule has 0 heterocycles. The molecular weight excluding hydrogens is 325 g/mol. The molecule has 0 unspecified atom stereocenters. The second-order valence-corrected chi connectivity index (χ2v) is 6.06. The van der Waals surface area contributed by atoms with Gasteiger partial charge in [-0.1, -0.05) is 12.1 Å². The van der Waals surface area contributed by atoms with Crippen LogP contribution in [0.1, 0.15) is 28.9 Å². The lowest BCUT2D eigenvalue weighted by molar-refractivity contribution is 0.0827. The molecule has 2 aromatic rings. The molecule has 2 rings (SSSR count). The second-order valence-electron chi connectivity index (χ2n) is 5.65. The number of rotatable bonds is 4. The molecule has 1 atom stereocenters. The van der Waals surface area contributed by atoms with Gasteiger partial charge >= 0.3 is 0 Å². The lowest BCUT2D eigenvalue weighted by Gasteiger charge is -2.17. The molecule has 0 aromatic heterocycles. The molecule has 0 aliphatic carbocycles. The normalized spacial score (nSPS) is 11.5. The molecule has 2 N–H and O–H groups in total. The summed E-state index contributed by atoms with van der Waals surface area (Å²) in [6.07, 6.45) is 0. The van der Waals surface area contributed by atoms with Crippen LogP contribution in [0, 0.1) is 5.82 Å². The van der Waals surface area contributed by atoms with Gasteiger partial charge in [0.25, 0.3) is 5.91 Å². The Morgan fingerprint density at radius 3 is 2.21 bits per heavy atom. The van der Waals surface area contributed by atoms with Gasteiger partial charge in [-0.25, -0.2) is 4.39 Å². The average Bonchev–Trinajstić information content (AvgIpc) is 2.55. The SMILES string of the molecule is C[C@@H](NC(=S)Nc1ccc(C(=O)N(C)C)cc1)c1ccc(F)cc1. The summed E-state index contributed by atoms with van der Waals surface area (Å²) in [6.45, 7) is 1.94. The summed E-state index contributed by atoms with van der Waals surface area (Å²) in [5.41, 5.74) is 2.34. The van der Waals surface area contributed by atoms with Crippen molar-refractivity contribution in [2.45, 2.75) is 13.0 Å². The molecule has 0 saturated heterocycles. The number of thiocarbonyl (C=S) groups is 1. The van der Waals surface area contributed by atoms with Crippen LogP contribution in [-0.2, 0) is 0 Å².